The maximum Gasteiger partial charge on any atom is 0.328 e. The molecule has 4 heterocycles. The summed E-state index contributed by atoms with van der Waals surface area (Å²) in [6, 6.07) is 15.6. The van der Waals surface area contributed by atoms with E-state index in [2.05, 4.69) is 44.3 Å². The zero-order valence-corrected chi connectivity index (χ0v) is 23.6. The molecule has 8 nitrogen and oxygen atoms in total. The van der Waals surface area contributed by atoms with Crippen molar-refractivity contribution in [3.05, 3.63) is 103 Å². The lowest BCUT2D eigenvalue weighted by Gasteiger charge is -2.19. The number of imidazole rings is 1. The number of hydrogen-bond donors (Lipinski definition) is 0. The monoisotopic (exact) mass is 560 g/mol. The summed E-state index contributed by atoms with van der Waals surface area (Å²) in [5.74, 6) is -0.184. The topological polar surface area (TPSA) is 87.2 Å². The van der Waals surface area contributed by atoms with Crippen LogP contribution in [0.15, 0.2) is 85.7 Å². The summed E-state index contributed by atoms with van der Waals surface area (Å²) in [5.41, 5.74) is 5.02. The lowest BCUT2D eigenvalue weighted by molar-refractivity contribution is -0.155. The zero-order chi connectivity index (χ0) is 29.1. The van der Waals surface area contributed by atoms with Crippen LogP contribution in [0, 0.1) is 5.82 Å². The number of fused-ring (bicyclic) bond motifs is 2. The molecule has 6 aromatic rings. The lowest BCUT2D eigenvalue weighted by atomic mass is 9.91. The van der Waals surface area contributed by atoms with E-state index in [1.165, 1.54) is 16.3 Å². The second kappa shape index (κ2) is 9.58. The van der Waals surface area contributed by atoms with Crippen LogP contribution in [0.4, 0.5) is 4.39 Å². The Morgan fingerprint density at radius 1 is 0.952 bits per heavy atom. The summed E-state index contributed by atoms with van der Waals surface area (Å²) in [4.78, 5) is 25.8. The van der Waals surface area contributed by atoms with Gasteiger partial charge >= 0.3 is 5.97 Å². The molecule has 0 amide bonds. The second-order valence-electron chi connectivity index (χ2n) is 11.9. The van der Waals surface area contributed by atoms with Gasteiger partial charge in [-0.3, -0.25) is 18.9 Å². The van der Waals surface area contributed by atoms with Gasteiger partial charge in [-0.25, -0.2) is 14.4 Å². The Labute approximate surface area is 241 Å². The van der Waals surface area contributed by atoms with Crippen molar-refractivity contribution in [3.8, 4) is 22.3 Å². The Morgan fingerprint density at radius 3 is 2.57 bits per heavy atom. The van der Waals surface area contributed by atoms with Crippen molar-refractivity contribution < 1.29 is 13.9 Å². The minimum Gasteiger partial charge on any atom is -0.459 e. The van der Waals surface area contributed by atoms with Crippen LogP contribution in [0.2, 0.25) is 0 Å². The second-order valence-corrected chi connectivity index (χ2v) is 11.9. The Hall–Kier alpha value is -4.92. The predicted molar refractivity (Wildman–Crippen MR) is 157 cm³/mol. The van der Waals surface area contributed by atoms with Crippen molar-refractivity contribution >= 4 is 22.6 Å². The van der Waals surface area contributed by atoms with E-state index < -0.39 is 17.4 Å². The van der Waals surface area contributed by atoms with Gasteiger partial charge in [0.25, 0.3) is 0 Å². The molecular formula is C33H29FN6O2. The highest BCUT2D eigenvalue weighted by Crippen LogP contribution is 2.53. The molecule has 0 saturated heterocycles. The Bertz CT molecular complexity index is 1980. The van der Waals surface area contributed by atoms with Crippen LogP contribution >= 0.6 is 0 Å². The van der Waals surface area contributed by atoms with Crippen molar-refractivity contribution in [2.75, 3.05) is 0 Å². The smallest absolute Gasteiger partial charge is 0.328 e. The highest BCUT2D eigenvalue weighted by molar-refractivity contribution is 5.80. The van der Waals surface area contributed by atoms with E-state index in [9.17, 15) is 4.79 Å². The standard InChI is InChI=1S/C33H29FN6O2/c1-32(2,3)42-30(41)20-39-18-24(16-38-39)26-8-6-21(14-27(26)34)23-15-36-31-37-17-29(40(31)19-23)33(10-11-33)25-7-9-28-22(13-25)5-4-12-35-28/h4-9,12-19H,10-11,20H2,1-3H3. The average Bonchev–Trinajstić information content (AvgIpc) is 3.44. The molecule has 0 spiro atoms. The average molecular weight is 561 g/mol. The number of nitrogens with zero attached hydrogens (tertiary/aromatic N) is 6. The molecule has 42 heavy (non-hydrogen) atoms. The largest absolute Gasteiger partial charge is 0.459 e. The van der Waals surface area contributed by atoms with E-state index in [0.29, 0.717) is 22.5 Å². The zero-order valence-electron chi connectivity index (χ0n) is 23.6. The lowest BCUT2D eigenvalue weighted by Crippen LogP contribution is -2.26. The summed E-state index contributed by atoms with van der Waals surface area (Å²) >= 11 is 0. The highest BCUT2D eigenvalue weighted by Gasteiger charge is 2.48. The number of aromatic nitrogens is 6. The van der Waals surface area contributed by atoms with Crippen LogP contribution in [0.5, 0.6) is 0 Å². The molecule has 0 atom stereocenters. The fourth-order valence-electron chi connectivity index (χ4n) is 5.59. The van der Waals surface area contributed by atoms with Crippen molar-refractivity contribution in [1.29, 1.82) is 0 Å². The molecule has 4 aromatic heterocycles. The third kappa shape index (κ3) is 4.70. The summed E-state index contributed by atoms with van der Waals surface area (Å²) < 4.78 is 24.3. The van der Waals surface area contributed by atoms with Gasteiger partial charge in [0, 0.05) is 52.3 Å². The van der Waals surface area contributed by atoms with Crippen molar-refractivity contribution in [3.63, 3.8) is 0 Å². The number of ether oxygens (including phenoxy) is 1. The van der Waals surface area contributed by atoms with Gasteiger partial charge in [-0.15, -0.1) is 0 Å². The Morgan fingerprint density at radius 2 is 1.79 bits per heavy atom. The van der Waals surface area contributed by atoms with Crippen LogP contribution in [0.25, 0.3) is 38.9 Å². The molecule has 210 valence electrons. The van der Waals surface area contributed by atoms with Crippen molar-refractivity contribution in [2.24, 2.45) is 0 Å². The Balaban J connectivity index is 1.17. The number of benzene rings is 2. The number of carbonyl (C=O) groups excluding carboxylic acids is 1. The summed E-state index contributed by atoms with van der Waals surface area (Å²) in [6.45, 7) is 5.38. The highest BCUT2D eigenvalue weighted by atomic mass is 19.1. The third-order valence-electron chi connectivity index (χ3n) is 7.72. The predicted octanol–water partition coefficient (Wildman–Crippen LogP) is 6.37. The first-order chi connectivity index (χ1) is 20.2. The van der Waals surface area contributed by atoms with Gasteiger partial charge in [0.2, 0.25) is 5.78 Å². The van der Waals surface area contributed by atoms with E-state index in [1.807, 2.05) is 55.9 Å². The number of pyridine rings is 1. The van der Waals surface area contributed by atoms with E-state index in [4.69, 9.17) is 4.74 Å². The van der Waals surface area contributed by atoms with Crippen LogP contribution in [0.3, 0.4) is 0 Å². The van der Waals surface area contributed by atoms with E-state index in [1.54, 1.807) is 24.7 Å². The van der Waals surface area contributed by atoms with Crippen LogP contribution in [0.1, 0.15) is 44.9 Å². The first kappa shape index (κ1) is 26.0. The first-order valence-electron chi connectivity index (χ1n) is 13.9. The third-order valence-corrected chi connectivity index (χ3v) is 7.72. The van der Waals surface area contributed by atoms with Gasteiger partial charge in [-0.1, -0.05) is 24.3 Å². The molecule has 1 aliphatic carbocycles. The van der Waals surface area contributed by atoms with Crippen molar-refractivity contribution in [2.45, 2.75) is 51.2 Å². The van der Waals surface area contributed by atoms with Gasteiger partial charge in [-0.2, -0.15) is 5.10 Å². The quantitative estimate of drug-likeness (QED) is 0.220. The van der Waals surface area contributed by atoms with E-state index in [-0.39, 0.29) is 12.0 Å². The molecule has 7 rings (SSSR count). The number of carbonyl (C=O) groups is 1. The molecule has 9 heteroatoms. The number of rotatable bonds is 6. The van der Waals surface area contributed by atoms with Gasteiger partial charge in [0.05, 0.1) is 23.6 Å². The fraction of sp³-hybridized carbons (Fsp3) is 0.242. The SMILES string of the molecule is CC(C)(C)OC(=O)Cn1cc(-c2ccc(-c3cnc4ncc(C5(c6ccc7ncccc7c6)CC5)n4c3)cc2F)cn1. The maximum atomic E-state index is 15.4. The molecule has 0 aliphatic heterocycles. The molecule has 1 aliphatic rings. The molecule has 0 N–H and O–H groups in total. The molecule has 0 radical (unpaired) electrons. The summed E-state index contributed by atoms with van der Waals surface area (Å²) in [7, 11) is 0. The first-order valence-corrected chi connectivity index (χ1v) is 13.9. The summed E-state index contributed by atoms with van der Waals surface area (Å²) in [6.07, 6.45) is 12.6. The minimum atomic E-state index is -0.586. The molecule has 2 aromatic carbocycles. The molecule has 0 unspecified atom stereocenters. The van der Waals surface area contributed by atoms with Crippen LogP contribution < -0.4 is 0 Å². The molecule has 1 saturated carbocycles. The molecule has 0 bridgehead atoms. The maximum absolute atomic E-state index is 15.4. The number of hydrogen-bond acceptors (Lipinski definition) is 6. The fourth-order valence-corrected chi connectivity index (χ4v) is 5.59. The van der Waals surface area contributed by atoms with Crippen LogP contribution in [-0.4, -0.2) is 40.7 Å². The van der Waals surface area contributed by atoms with E-state index in [0.717, 1.165) is 35.0 Å². The normalized spacial score (nSPS) is 14.4. The van der Waals surface area contributed by atoms with Crippen molar-refractivity contribution in [1.82, 2.24) is 29.1 Å². The van der Waals surface area contributed by atoms with Gasteiger partial charge in [0.1, 0.15) is 18.0 Å². The van der Waals surface area contributed by atoms with Gasteiger partial charge in [-0.05, 0) is 69.0 Å². The summed E-state index contributed by atoms with van der Waals surface area (Å²) in [5, 5.41) is 5.33. The molecular weight excluding hydrogens is 531 g/mol. The van der Waals surface area contributed by atoms with Crippen LogP contribution in [-0.2, 0) is 21.5 Å². The van der Waals surface area contributed by atoms with Gasteiger partial charge in [0.15, 0.2) is 0 Å². The minimum absolute atomic E-state index is 0.0481. The van der Waals surface area contributed by atoms with Gasteiger partial charge < -0.3 is 4.74 Å². The number of halogens is 1. The Kier molecular flexibility index (Phi) is 5.93. The number of esters is 1. The molecule has 1 fully saturated rings. The van der Waals surface area contributed by atoms with E-state index >= 15 is 4.39 Å².